The Morgan fingerprint density at radius 2 is 2.13 bits per heavy atom. The molecule has 0 bridgehead atoms. The van der Waals surface area contributed by atoms with Gasteiger partial charge in [-0.1, -0.05) is 26.8 Å². The first-order valence-corrected chi connectivity index (χ1v) is 10.5. The summed E-state index contributed by atoms with van der Waals surface area (Å²) in [5.41, 5.74) is 11.9. The summed E-state index contributed by atoms with van der Waals surface area (Å²) in [4.78, 5) is 20.0. The van der Waals surface area contributed by atoms with Crippen molar-refractivity contribution in [3.8, 4) is 5.75 Å². The SMILES string of the molecule is COc1ccc2c(c1N)[C@](C)(CCNC(=O)c1ccc3nc[nH]c3c1)C(C)[C@H](C)C2. The molecule has 6 heteroatoms. The molecule has 2 aromatic carbocycles. The van der Waals surface area contributed by atoms with Crippen molar-refractivity contribution in [2.45, 2.75) is 39.0 Å². The Bertz CT molecular complexity index is 1090. The van der Waals surface area contributed by atoms with Gasteiger partial charge in [0.15, 0.2) is 0 Å². The third-order valence-corrected chi connectivity index (χ3v) is 7.10. The molecular formula is C24H30N4O2. The fourth-order valence-corrected chi connectivity index (χ4v) is 5.01. The van der Waals surface area contributed by atoms with Crippen LogP contribution in [0.15, 0.2) is 36.7 Å². The number of nitrogens with one attached hydrogen (secondary N) is 2. The molecule has 0 spiro atoms. The summed E-state index contributed by atoms with van der Waals surface area (Å²) in [6.07, 6.45) is 3.45. The first-order valence-electron chi connectivity index (χ1n) is 10.5. The average Bonchev–Trinajstić information content (AvgIpc) is 3.20. The maximum atomic E-state index is 12.7. The van der Waals surface area contributed by atoms with Gasteiger partial charge in [0.05, 0.1) is 30.2 Å². The Morgan fingerprint density at radius 1 is 1.33 bits per heavy atom. The number of fused-ring (bicyclic) bond motifs is 2. The number of nitrogens with two attached hydrogens (primary N) is 1. The third-order valence-electron chi connectivity index (χ3n) is 7.10. The maximum absolute atomic E-state index is 12.7. The van der Waals surface area contributed by atoms with Gasteiger partial charge in [-0.05, 0) is 65.5 Å². The predicted molar refractivity (Wildman–Crippen MR) is 120 cm³/mol. The van der Waals surface area contributed by atoms with Crippen molar-refractivity contribution in [2.24, 2.45) is 11.8 Å². The number of H-pyrrole nitrogens is 1. The van der Waals surface area contributed by atoms with Crippen LogP contribution in [-0.4, -0.2) is 29.5 Å². The second-order valence-corrected chi connectivity index (χ2v) is 8.74. The Labute approximate surface area is 177 Å². The van der Waals surface area contributed by atoms with Crippen molar-refractivity contribution in [1.29, 1.82) is 0 Å². The number of nitrogen functional groups attached to an aromatic ring is 1. The summed E-state index contributed by atoms with van der Waals surface area (Å²) < 4.78 is 5.49. The molecule has 3 aromatic rings. The molecule has 4 N–H and O–H groups in total. The second kappa shape index (κ2) is 7.67. The summed E-state index contributed by atoms with van der Waals surface area (Å²) in [6, 6.07) is 9.61. The van der Waals surface area contributed by atoms with Gasteiger partial charge < -0.3 is 20.8 Å². The van der Waals surface area contributed by atoms with Crippen molar-refractivity contribution in [1.82, 2.24) is 15.3 Å². The van der Waals surface area contributed by atoms with E-state index in [0.717, 1.165) is 35.3 Å². The summed E-state index contributed by atoms with van der Waals surface area (Å²) in [6.45, 7) is 7.43. The number of rotatable bonds is 5. The number of carbonyl (C=O) groups is 1. The zero-order valence-corrected chi connectivity index (χ0v) is 18.1. The van der Waals surface area contributed by atoms with E-state index in [0.29, 0.717) is 23.9 Å². The predicted octanol–water partition coefficient (Wildman–Crippen LogP) is 4.06. The quantitative estimate of drug-likeness (QED) is 0.557. The number of aromatic nitrogens is 2. The molecule has 1 aliphatic rings. The van der Waals surface area contributed by atoms with Gasteiger partial charge in [-0.25, -0.2) is 4.98 Å². The van der Waals surface area contributed by atoms with E-state index < -0.39 is 0 Å². The van der Waals surface area contributed by atoms with E-state index in [2.05, 4.69) is 42.1 Å². The molecule has 4 rings (SSSR count). The van der Waals surface area contributed by atoms with Gasteiger partial charge in [0.1, 0.15) is 5.75 Å². The molecule has 3 atom stereocenters. The van der Waals surface area contributed by atoms with Crippen molar-refractivity contribution in [3.63, 3.8) is 0 Å². The van der Waals surface area contributed by atoms with Crippen LogP contribution in [0.5, 0.6) is 5.75 Å². The fourth-order valence-electron chi connectivity index (χ4n) is 5.01. The van der Waals surface area contributed by atoms with Crippen molar-refractivity contribution in [3.05, 3.63) is 53.3 Å². The van der Waals surface area contributed by atoms with E-state index in [-0.39, 0.29) is 11.3 Å². The first-order chi connectivity index (χ1) is 14.3. The van der Waals surface area contributed by atoms with E-state index >= 15 is 0 Å². The smallest absolute Gasteiger partial charge is 0.251 e. The molecule has 1 aliphatic carbocycles. The normalized spacial score (nSPS) is 23.2. The second-order valence-electron chi connectivity index (χ2n) is 8.74. The number of imidazole rings is 1. The van der Waals surface area contributed by atoms with Crippen LogP contribution < -0.4 is 15.8 Å². The summed E-state index contributed by atoms with van der Waals surface area (Å²) >= 11 is 0. The molecule has 0 radical (unpaired) electrons. The van der Waals surface area contributed by atoms with Gasteiger partial charge in [0.25, 0.3) is 5.91 Å². The van der Waals surface area contributed by atoms with Gasteiger partial charge in [0, 0.05) is 12.1 Å². The molecule has 30 heavy (non-hydrogen) atoms. The van der Waals surface area contributed by atoms with E-state index in [1.807, 2.05) is 24.3 Å². The van der Waals surface area contributed by atoms with Crippen molar-refractivity contribution in [2.75, 3.05) is 19.4 Å². The van der Waals surface area contributed by atoms with Crippen LogP contribution in [0, 0.1) is 11.8 Å². The van der Waals surface area contributed by atoms with Gasteiger partial charge in [-0.3, -0.25) is 4.79 Å². The van der Waals surface area contributed by atoms with E-state index in [4.69, 9.17) is 10.5 Å². The monoisotopic (exact) mass is 406 g/mol. The summed E-state index contributed by atoms with van der Waals surface area (Å²) in [5, 5.41) is 3.10. The van der Waals surface area contributed by atoms with Crippen LogP contribution in [0.25, 0.3) is 11.0 Å². The molecule has 0 aliphatic heterocycles. The van der Waals surface area contributed by atoms with Crippen LogP contribution in [-0.2, 0) is 11.8 Å². The molecule has 0 saturated heterocycles. The minimum atomic E-state index is -0.147. The zero-order chi connectivity index (χ0) is 21.5. The number of methoxy groups -OCH3 is 1. The number of amides is 1. The molecule has 158 valence electrons. The molecule has 6 nitrogen and oxygen atoms in total. The number of nitrogens with zero attached hydrogens (tertiary/aromatic N) is 1. The van der Waals surface area contributed by atoms with Crippen LogP contribution in [0.2, 0.25) is 0 Å². The topological polar surface area (TPSA) is 93.0 Å². The standard InChI is InChI=1S/C24H30N4O2/c1-14-11-16-6-8-20(30-4)22(25)21(16)24(3,15(14)2)9-10-26-23(29)17-5-7-18-19(12-17)28-13-27-18/h5-8,12-15H,9-11,25H2,1-4H3,(H,26,29)(H,27,28)/t14-,15?,24-/m1/s1. The Kier molecular flexibility index (Phi) is 5.18. The number of aromatic amines is 1. The van der Waals surface area contributed by atoms with Crippen LogP contribution >= 0.6 is 0 Å². The summed E-state index contributed by atoms with van der Waals surface area (Å²) in [7, 11) is 1.65. The highest BCUT2D eigenvalue weighted by Gasteiger charge is 2.43. The van der Waals surface area contributed by atoms with Gasteiger partial charge in [-0.2, -0.15) is 0 Å². The molecule has 0 saturated carbocycles. The highest BCUT2D eigenvalue weighted by molar-refractivity contribution is 5.97. The minimum absolute atomic E-state index is 0.0783. The van der Waals surface area contributed by atoms with Crippen LogP contribution in [0.4, 0.5) is 5.69 Å². The van der Waals surface area contributed by atoms with Crippen LogP contribution in [0.1, 0.15) is 48.7 Å². The molecular weight excluding hydrogens is 376 g/mol. The Hall–Kier alpha value is -3.02. The van der Waals surface area contributed by atoms with E-state index in [9.17, 15) is 4.79 Å². The highest BCUT2D eigenvalue weighted by Crippen LogP contribution is 2.50. The molecule has 1 heterocycles. The summed E-state index contributed by atoms with van der Waals surface area (Å²) in [5.74, 6) is 1.61. The number of anilines is 1. The maximum Gasteiger partial charge on any atom is 0.251 e. The molecule has 1 unspecified atom stereocenters. The molecule has 1 aromatic heterocycles. The number of benzene rings is 2. The van der Waals surface area contributed by atoms with E-state index in [1.54, 1.807) is 13.4 Å². The van der Waals surface area contributed by atoms with Gasteiger partial charge in [0.2, 0.25) is 0 Å². The minimum Gasteiger partial charge on any atom is -0.495 e. The molecule has 0 fully saturated rings. The fraction of sp³-hybridized carbons (Fsp3) is 0.417. The number of hydrogen-bond acceptors (Lipinski definition) is 4. The largest absolute Gasteiger partial charge is 0.495 e. The Balaban J connectivity index is 1.55. The number of ether oxygens (including phenoxy) is 1. The lowest BCUT2D eigenvalue weighted by Crippen LogP contribution is -2.43. The van der Waals surface area contributed by atoms with Gasteiger partial charge >= 0.3 is 0 Å². The van der Waals surface area contributed by atoms with Crippen molar-refractivity contribution >= 4 is 22.6 Å². The lowest BCUT2D eigenvalue weighted by molar-refractivity contribution is 0.0945. The number of carbonyl (C=O) groups excluding carboxylic acids is 1. The first kappa shape index (κ1) is 20.3. The lowest BCUT2D eigenvalue weighted by atomic mass is 9.59. The van der Waals surface area contributed by atoms with Gasteiger partial charge in [-0.15, -0.1) is 0 Å². The zero-order valence-electron chi connectivity index (χ0n) is 18.1. The third kappa shape index (κ3) is 3.30. The Morgan fingerprint density at radius 3 is 2.90 bits per heavy atom. The van der Waals surface area contributed by atoms with E-state index in [1.165, 1.54) is 11.1 Å². The van der Waals surface area contributed by atoms with Crippen LogP contribution in [0.3, 0.4) is 0 Å². The highest BCUT2D eigenvalue weighted by atomic mass is 16.5. The number of hydrogen-bond donors (Lipinski definition) is 3. The average molecular weight is 407 g/mol. The van der Waals surface area contributed by atoms with Crippen molar-refractivity contribution < 1.29 is 9.53 Å². The molecule has 1 amide bonds. The lowest BCUT2D eigenvalue weighted by Gasteiger charge is -2.46.